The predicted octanol–water partition coefficient (Wildman–Crippen LogP) is 0.283. The zero-order valence-corrected chi connectivity index (χ0v) is 12.9. The minimum Gasteiger partial charge on any atom is -0.307 e. The molecule has 1 aromatic carbocycles. The average Bonchev–Trinajstić information content (AvgIpc) is 3.31. The normalized spacial score (nSPS) is 15.0. The summed E-state index contributed by atoms with van der Waals surface area (Å²) in [7, 11) is -3.79. The Labute approximate surface area is 131 Å². The number of hydrogen-bond acceptors (Lipinski definition) is 5. The Bertz CT molecular complexity index is 1010. The molecule has 3 rings (SSSR count). The lowest BCUT2D eigenvalue weighted by Gasteiger charge is -2.20. The molecule has 1 saturated carbocycles. The number of rotatable bonds is 5. The Balaban J connectivity index is 2.09. The highest BCUT2D eigenvalue weighted by Gasteiger charge is 2.37. The molecule has 2 aromatic rings. The summed E-state index contributed by atoms with van der Waals surface area (Å²) in [5.74, 6) is 0. The van der Waals surface area contributed by atoms with Crippen LogP contribution in [0.3, 0.4) is 0 Å². The van der Waals surface area contributed by atoms with E-state index in [1.807, 2.05) is 6.07 Å². The molecule has 1 aliphatic rings. The molecule has 120 valence electrons. The number of aromatic amines is 2. The fraction of sp³-hybridized carbons (Fsp3) is 0.357. The fourth-order valence-electron chi connectivity index (χ4n) is 2.46. The number of H-pyrrole nitrogens is 2. The van der Waals surface area contributed by atoms with Crippen LogP contribution >= 0.6 is 0 Å². The van der Waals surface area contributed by atoms with Crippen molar-refractivity contribution < 1.29 is 8.42 Å². The van der Waals surface area contributed by atoms with Crippen molar-refractivity contribution in [2.75, 3.05) is 6.54 Å². The summed E-state index contributed by atoms with van der Waals surface area (Å²) in [4.78, 5) is 27.6. The third-order valence-corrected chi connectivity index (χ3v) is 5.66. The molecule has 1 heterocycles. The van der Waals surface area contributed by atoms with Crippen LogP contribution in [0.15, 0.2) is 32.7 Å². The summed E-state index contributed by atoms with van der Waals surface area (Å²) in [6, 6.07) is 5.87. The fourth-order valence-corrected chi connectivity index (χ4v) is 4.17. The van der Waals surface area contributed by atoms with E-state index in [1.165, 1.54) is 22.5 Å². The maximum Gasteiger partial charge on any atom is 0.326 e. The van der Waals surface area contributed by atoms with Gasteiger partial charge in [0.2, 0.25) is 10.0 Å². The number of sulfonamides is 1. The number of nitrogens with zero attached hydrogens (tertiary/aromatic N) is 2. The first-order valence-electron chi connectivity index (χ1n) is 7.08. The van der Waals surface area contributed by atoms with E-state index in [9.17, 15) is 18.0 Å². The maximum absolute atomic E-state index is 12.8. The SMILES string of the molecule is N#CCCN(C1CC1)S(=O)(=O)c1ccc2[nH]c(=O)[nH]c(=O)c2c1. The van der Waals surface area contributed by atoms with Crippen LogP contribution in [0.5, 0.6) is 0 Å². The van der Waals surface area contributed by atoms with E-state index < -0.39 is 21.3 Å². The van der Waals surface area contributed by atoms with Gasteiger partial charge < -0.3 is 4.98 Å². The van der Waals surface area contributed by atoms with Gasteiger partial charge in [-0.3, -0.25) is 9.78 Å². The van der Waals surface area contributed by atoms with Gasteiger partial charge in [0.25, 0.3) is 5.56 Å². The smallest absolute Gasteiger partial charge is 0.307 e. The van der Waals surface area contributed by atoms with Crippen molar-refractivity contribution in [1.29, 1.82) is 5.26 Å². The van der Waals surface area contributed by atoms with Crippen LogP contribution in [0.1, 0.15) is 19.3 Å². The Morgan fingerprint density at radius 2 is 2.00 bits per heavy atom. The third kappa shape index (κ3) is 2.91. The summed E-state index contributed by atoms with van der Waals surface area (Å²) in [5, 5.41) is 8.81. The van der Waals surface area contributed by atoms with E-state index in [0.717, 1.165) is 12.8 Å². The topological polar surface area (TPSA) is 127 Å². The molecule has 1 aliphatic carbocycles. The molecule has 2 N–H and O–H groups in total. The first-order chi connectivity index (χ1) is 10.9. The van der Waals surface area contributed by atoms with E-state index in [-0.39, 0.29) is 34.8 Å². The van der Waals surface area contributed by atoms with Crippen LogP contribution in [0, 0.1) is 11.3 Å². The molecule has 0 saturated heterocycles. The largest absolute Gasteiger partial charge is 0.326 e. The van der Waals surface area contributed by atoms with Crippen LogP contribution in [-0.4, -0.2) is 35.3 Å². The van der Waals surface area contributed by atoms with Gasteiger partial charge in [0.05, 0.1) is 21.9 Å². The number of nitriles is 1. The van der Waals surface area contributed by atoms with Crippen LogP contribution in [0.4, 0.5) is 0 Å². The molecule has 8 nitrogen and oxygen atoms in total. The van der Waals surface area contributed by atoms with E-state index in [4.69, 9.17) is 5.26 Å². The Hall–Kier alpha value is -2.44. The standard InChI is InChI=1S/C14H14N4O4S/c15-6-1-7-18(9-2-3-9)23(21,22)10-4-5-12-11(8-10)13(19)17-14(20)16-12/h4-5,8-9H,1-3,7H2,(H2,16,17,19,20). The molecule has 0 radical (unpaired) electrons. The van der Waals surface area contributed by atoms with Gasteiger partial charge in [-0.2, -0.15) is 9.57 Å². The van der Waals surface area contributed by atoms with Gasteiger partial charge >= 0.3 is 5.69 Å². The summed E-state index contributed by atoms with van der Waals surface area (Å²) < 4.78 is 26.9. The first-order valence-corrected chi connectivity index (χ1v) is 8.52. The van der Waals surface area contributed by atoms with Gasteiger partial charge in [-0.25, -0.2) is 13.2 Å². The van der Waals surface area contributed by atoms with Crippen molar-refractivity contribution >= 4 is 20.9 Å². The van der Waals surface area contributed by atoms with Crippen LogP contribution < -0.4 is 11.2 Å². The second kappa shape index (κ2) is 5.64. The zero-order valence-electron chi connectivity index (χ0n) is 12.1. The molecule has 0 amide bonds. The molecule has 0 atom stereocenters. The highest BCUT2D eigenvalue weighted by atomic mass is 32.2. The van der Waals surface area contributed by atoms with E-state index in [2.05, 4.69) is 9.97 Å². The first kappa shape index (κ1) is 15.5. The van der Waals surface area contributed by atoms with Crippen molar-refractivity contribution in [2.24, 2.45) is 0 Å². The molecule has 23 heavy (non-hydrogen) atoms. The minimum absolute atomic E-state index is 0.0209. The van der Waals surface area contributed by atoms with E-state index in [1.54, 1.807) is 0 Å². The average molecular weight is 334 g/mol. The minimum atomic E-state index is -3.79. The van der Waals surface area contributed by atoms with Gasteiger partial charge in [0.1, 0.15) is 0 Å². The van der Waals surface area contributed by atoms with Gasteiger partial charge in [0, 0.05) is 19.0 Å². The van der Waals surface area contributed by atoms with Crippen LogP contribution in [0.25, 0.3) is 10.9 Å². The van der Waals surface area contributed by atoms with Gasteiger partial charge in [-0.05, 0) is 31.0 Å². The van der Waals surface area contributed by atoms with Crippen molar-refractivity contribution in [3.8, 4) is 6.07 Å². The molecule has 0 spiro atoms. The molecule has 1 aromatic heterocycles. The zero-order chi connectivity index (χ0) is 16.6. The molecule has 9 heteroatoms. The Morgan fingerprint density at radius 1 is 1.26 bits per heavy atom. The number of fused-ring (bicyclic) bond motifs is 1. The van der Waals surface area contributed by atoms with Gasteiger partial charge in [0.15, 0.2) is 0 Å². The van der Waals surface area contributed by atoms with Gasteiger partial charge in [-0.15, -0.1) is 0 Å². The quantitative estimate of drug-likeness (QED) is 0.812. The second-order valence-corrected chi connectivity index (χ2v) is 7.26. The number of hydrogen-bond donors (Lipinski definition) is 2. The summed E-state index contributed by atoms with van der Waals surface area (Å²) in [6.45, 7) is 0.128. The highest BCUT2D eigenvalue weighted by Crippen LogP contribution is 2.32. The van der Waals surface area contributed by atoms with E-state index in [0.29, 0.717) is 0 Å². The number of benzene rings is 1. The third-order valence-electron chi connectivity index (χ3n) is 3.72. The van der Waals surface area contributed by atoms with Crippen LogP contribution in [-0.2, 0) is 10.0 Å². The van der Waals surface area contributed by atoms with Crippen molar-refractivity contribution in [1.82, 2.24) is 14.3 Å². The maximum atomic E-state index is 12.8. The molecule has 1 fully saturated rings. The van der Waals surface area contributed by atoms with Crippen molar-refractivity contribution in [3.63, 3.8) is 0 Å². The lowest BCUT2D eigenvalue weighted by molar-refractivity contribution is 0.411. The van der Waals surface area contributed by atoms with Crippen molar-refractivity contribution in [3.05, 3.63) is 39.0 Å². The summed E-state index contributed by atoms with van der Waals surface area (Å²) in [6.07, 6.45) is 1.65. The molecule has 0 unspecified atom stereocenters. The Kier molecular flexibility index (Phi) is 3.79. The molecular formula is C14H14N4O4S. The lowest BCUT2D eigenvalue weighted by Crippen LogP contribution is -2.34. The van der Waals surface area contributed by atoms with Gasteiger partial charge in [-0.1, -0.05) is 0 Å². The monoisotopic (exact) mass is 334 g/mol. The molecular weight excluding hydrogens is 320 g/mol. The summed E-state index contributed by atoms with van der Waals surface area (Å²) in [5.41, 5.74) is -1.02. The molecule has 0 aliphatic heterocycles. The highest BCUT2D eigenvalue weighted by molar-refractivity contribution is 7.89. The number of nitrogens with one attached hydrogen (secondary N) is 2. The van der Waals surface area contributed by atoms with Crippen molar-refractivity contribution in [2.45, 2.75) is 30.2 Å². The summed E-state index contributed by atoms with van der Waals surface area (Å²) >= 11 is 0. The van der Waals surface area contributed by atoms with E-state index >= 15 is 0 Å². The Morgan fingerprint density at radius 3 is 2.65 bits per heavy atom. The number of aromatic nitrogens is 2. The molecule has 0 bridgehead atoms. The van der Waals surface area contributed by atoms with Crippen LogP contribution in [0.2, 0.25) is 0 Å². The predicted molar refractivity (Wildman–Crippen MR) is 82.3 cm³/mol. The lowest BCUT2D eigenvalue weighted by atomic mass is 10.2. The second-order valence-electron chi connectivity index (χ2n) is 5.37.